The number of benzene rings is 1. The van der Waals surface area contributed by atoms with E-state index < -0.39 is 0 Å². The number of aliphatic imine (C=N–C) groups is 1. The molecule has 6 heteroatoms. The molecule has 0 aliphatic heterocycles. The number of aromatic nitrogens is 2. The molecule has 4 nitrogen and oxygen atoms in total. The molecule has 64 valence electrons. The molecule has 0 aliphatic rings. The molecule has 0 fully saturated rings. The first-order valence-electron chi connectivity index (χ1n) is 3.31. The second kappa shape index (κ2) is 3.22. The van der Waals surface area contributed by atoms with Crippen LogP contribution in [0.5, 0.6) is 0 Å². The van der Waals surface area contributed by atoms with Gasteiger partial charge in [-0.05, 0) is 34.7 Å². The third kappa shape index (κ3) is 1.33. The maximum absolute atomic E-state index is 5.82. The minimum absolute atomic E-state index is 0.472. The number of rotatable bonds is 1. The van der Waals surface area contributed by atoms with Crippen molar-refractivity contribution < 1.29 is 4.63 Å². The van der Waals surface area contributed by atoms with E-state index in [1.54, 1.807) is 12.1 Å². The van der Waals surface area contributed by atoms with Crippen LogP contribution in [0.2, 0.25) is 5.02 Å². The quantitative estimate of drug-likeness (QED) is 0.538. The molecular weight excluding hydrogens is 210 g/mol. The van der Waals surface area contributed by atoms with Crippen molar-refractivity contribution in [2.24, 2.45) is 4.99 Å². The molecule has 0 saturated heterocycles. The predicted octanol–water partition coefficient (Wildman–Crippen LogP) is 2.61. The fourth-order valence-corrected chi connectivity index (χ4v) is 1.25. The zero-order valence-corrected chi connectivity index (χ0v) is 7.76. The third-order valence-corrected chi connectivity index (χ3v) is 1.91. The number of thiocarbonyl (C=S) groups is 1. The van der Waals surface area contributed by atoms with E-state index in [2.05, 4.69) is 37.3 Å². The Labute approximate surface area is 83.2 Å². The van der Waals surface area contributed by atoms with Crippen molar-refractivity contribution >= 4 is 45.7 Å². The summed E-state index contributed by atoms with van der Waals surface area (Å²) in [5.74, 6) is 0. The van der Waals surface area contributed by atoms with Crippen LogP contribution < -0.4 is 0 Å². The highest BCUT2D eigenvalue weighted by Crippen LogP contribution is 2.28. The number of isothiocyanates is 1. The minimum atomic E-state index is 0.472. The Kier molecular flexibility index (Phi) is 2.06. The first kappa shape index (κ1) is 8.31. The molecule has 0 amide bonds. The summed E-state index contributed by atoms with van der Waals surface area (Å²) in [5.41, 5.74) is 1.52. The molecule has 0 N–H and O–H groups in total. The maximum atomic E-state index is 5.82. The number of hydrogen-bond donors (Lipinski definition) is 0. The van der Waals surface area contributed by atoms with Crippen LogP contribution in [0.1, 0.15) is 0 Å². The predicted molar refractivity (Wildman–Crippen MR) is 51.5 cm³/mol. The fraction of sp³-hybridized carbons (Fsp3) is 0. The fourth-order valence-electron chi connectivity index (χ4n) is 0.963. The van der Waals surface area contributed by atoms with Gasteiger partial charge in [0.15, 0.2) is 11.0 Å². The van der Waals surface area contributed by atoms with Crippen LogP contribution in [0.4, 0.5) is 5.69 Å². The maximum Gasteiger partial charge on any atom is 0.163 e. The monoisotopic (exact) mass is 211 g/mol. The van der Waals surface area contributed by atoms with Gasteiger partial charge in [0.25, 0.3) is 0 Å². The summed E-state index contributed by atoms with van der Waals surface area (Å²) in [7, 11) is 0. The van der Waals surface area contributed by atoms with Crippen molar-refractivity contribution in [1.82, 2.24) is 10.3 Å². The Morgan fingerprint density at radius 1 is 1.38 bits per heavy atom. The van der Waals surface area contributed by atoms with E-state index in [1.807, 2.05) is 0 Å². The van der Waals surface area contributed by atoms with Gasteiger partial charge in [-0.1, -0.05) is 11.6 Å². The van der Waals surface area contributed by atoms with Gasteiger partial charge in [-0.2, -0.15) is 4.99 Å². The normalized spacial score (nSPS) is 9.92. The van der Waals surface area contributed by atoms with Crippen molar-refractivity contribution in [2.75, 3.05) is 0 Å². The summed E-state index contributed by atoms with van der Waals surface area (Å²) < 4.78 is 4.53. The third-order valence-electron chi connectivity index (χ3n) is 1.51. The molecule has 13 heavy (non-hydrogen) atoms. The molecule has 0 unspecified atom stereocenters. The largest absolute Gasteiger partial charge is 0.243 e. The number of fused-ring (bicyclic) bond motifs is 1. The molecule has 0 saturated carbocycles. The van der Waals surface area contributed by atoms with Gasteiger partial charge < -0.3 is 0 Å². The van der Waals surface area contributed by atoms with E-state index in [9.17, 15) is 0 Å². The van der Waals surface area contributed by atoms with Gasteiger partial charge in [-0.15, -0.1) is 0 Å². The summed E-state index contributed by atoms with van der Waals surface area (Å²) in [6, 6.07) is 3.33. The van der Waals surface area contributed by atoms with Gasteiger partial charge >= 0.3 is 0 Å². The summed E-state index contributed by atoms with van der Waals surface area (Å²) in [6.07, 6.45) is 0. The lowest BCUT2D eigenvalue weighted by molar-refractivity contribution is 0.315. The zero-order chi connectivity index (χ0) is 9.26. The zero-order valence-electron chi connectivity index (χ0n) is 6.19. The van der Waals surface area contributed by atoms with Crippen molar-refractivity contribution in [3.8, 4) is 0 Å². The van der Waals surface area contributed by atoms with E-state index >= 15 is 0 Å². The molecular formula is C7H2ClN3OS. The smallest absolute Gasteiger partial charge is 0.163 e. The minimum Gasteiger partial charge on any atom is -0.243 e. The van der Waals surface area contributed by atoms with E-state index in [-0.39, 0.29) is 0 Å². The summed E-state index contributed by atoms with van der Waals surface area (Å²) in [6.45, 7) is 0. The van der Waals surface area contributed by atoms with Crippen LogP contribution in [-0.2, 0) is 0 Å². The SMILES string of the molecule is S=C=Nc1ccc(Cl)c2nonc12. The lowest BCUT2D eigenvalue weighted by Crippen LogP contribution is -1.72. The number of nitrogens with zero attached hydrogens (tertiary/aromatic N) is 3. The summed E-state index contributed by atoms with van der Waals surface area (Å²) >= 11 is 10.3. The highest BCUT2D eigenvalue weighted by Gasteiger charge is 2.09. The first-order valence-corrected chi connectivity index (χ1v) is 4.10. The van der Waals surface area contributed by atoms with Gasteiger partial charge in [0.2, 0.25) is 0 Å². The molecule has 2 rings (SSSR count). The van der Waals surface area contributed by atoms with Gasteiger partial charge in [0.1, 0.15) is 5.69 Å². The van der Waals surface area contributed by atoms with E-state index in [0.717, 1.165) is 0 Å². The van der Waals surface area contributed by atoms with Crippen LogP contribution in [0.15, 0.2) is 21.8 Å². The Morgan fingerprint density at radius 2 is 2.15 bits per heavy atom. The highest BCUT2D eigenvalue weighted by atomic mass is 35.5. The second-order valence-corrected chi connectivity index (χ2v) is 2.82. The standard InChI is InChI=1S/C7H2ClN3OS/c8-4-1-2-5(9-3-13)7-6(4)10-12-11-7/h1-2H. The summed E-state index contributed by atoms with van der Waals surface area (Å²) in [4.78, 5) is 3.79. The van der Waals surface area contributed by atoms with Gasteiger partial charge in [-0.25, -0.2) is 4.63 Å². The van der Waals surface area contributed by atoms with Crippen molar-refractivity contribution in [3.05, 3.63) is 17.2 Å². The van der Waals surface area contributed by atoms with Crippen molar-refractivity contribution in [1.29, 1.82) is 0 Å². The molecule has 1 aromatic heterocycles. The van der Waals surface area contributed by atoms with E-state index in [0.29, 0.717) is 21.7 Å². The molecule has 0 bridgehead atoms. The Hall–Kier alpha value is -1.29. The van der Waals surface area contributed by atoms with Crippen LogP contribution in [0.25, 0.3) is 11.0 Å². The van der Waals surface area contributed by atoms with Crippen molar-refractivity contribution in [2.45, 2.75) is 0 Å². The molecule has 1 aromatic carbocycles. The van der Waals surface area contributed by atoms with Crippen LogP contribution in [-0.4, -0.2) is 15.5 Å². The van der Waals surface area contributed by atoms with E-state index in [4.69, 9.17) is 11.6 Å². The Bertz CT molecular complexity index is 503. The number of halogens is 1. The Morgan fingerprint density at radius 3 is 2.92 bits per heavy atom. The lowest BCUT2D eigenvalue weighted by Gasteiger charge is -1.91. The van der Waals surface area contributed by atoms with Crippen molar-refractivity contribution in [3.63, 3.8) is 0 Å². The molecule has 0 aliphatic carbocycles. The molecule has 1 heterocycles. The number of hydrogen-bond acceptors (Lipinski definition) is 5. The van der Waals surface area contributed by atoms with Crippen LogP contribution in [0.3, 0.4) is 0 Å². The molecule has 0 spiro atoms. The van der Waals surface area contributed by atoms with Gasteiger partial charge in [0, 0.05) is 0 Å². The average Bonchev–Trinajstić information content (AvgIpc) is 2.59. The lowest BCUT2D eigenvalue weighted by atomic mass is 10.3. The van der Waals surface area contributed by atoms with Crippen LogP contribution in [0, 0.1) is 0 Å². The second-order valence-electron chi connectivity index (χ2n) is 2.23. The topological polar surface area (TPSA) is 51.3 Å². The Balaban J connectivity index is 2.85. The molecule has 0 atom stereocenters. The highest BCUT2D eigenvalue weighted by molar-refractivity contribution is 7.78. The first-order chi connectivity index (χ1) is 6.33. The average molecular weight is 212 g/mol. The molecule has 0 radical (unpaired) electrons. The van der Waals surface area contributed by atoms with Gasteiger partial charge in [0.05, 0.1) is 10.2 Å². The summed E-state index contributed by atoms with van der Waals surface area (Å²) in [5, 5.41) is 9.98. The van der Waals surface area contributed by atoms with E-state index in [1.165, 1.54) is 0 Å². The molecule has 2 aromatic rings. The van der Waals surface area contributed by atoms with Crippen LogP contribution >= 0.6 is 23.8 Å². The van der Waals surface area contributed by atoms with Gasteiger partial charge in [-0.3, -0.25) is 0 Å².